The number of hydrogen-bond acceptors (Lipinski definition) is 5. The van der Waals surface area contributed by atoms with Gasteiger partial charge in [0, 0.05) is 19.6 Å². The van der Waals surface area contributed by atoms with Gasteiger partial charge in [-0.15, -0.1) is 10.2 Å². The van der Waals surface area contributed by atoms with Gasteiger partial charge in [-0.25, -0.2) is 4.99 Å². The Morgan fingerprint density at radius 3 is 2.66 bits per heavy atom. The first kappa shape index (κ1) is 22.6. The molecule has 1 saturated heterocycles. The van der Waals surface area contributed by atoms with Gasteiger partial charge in [0.15, 0.2) is 11.8 Å². The van der Waals surface area contributed by atoms with Crippen LogP contribution in [0.1, 0.15) is 61.8 Å². The Kier molecular flexibility index (Phi) is 7.63. The number of aliphatic imine (C=N–C) groups is 1. The number of aromatic nitrogens is 3. The zero-order valence-corrected chi connectivity index (χ0v) is 19.7. The van der Waals surface area contributed by atoms with E-state index in [0.29, 0.717) is 12.6 Å². The van der Waals surface area contributed by atoms with Crippen LogP contribution in [0, 0.1) is 6.92 Å². The fourth-order valence-corrected chi connectivity index (χ4v) is 4.71. The highest BCUT2D eigenvalue weighted by Crippen LogP contribution is 2.27. The van der Waals surface area contributed by atoms with E-state index in [9.17, 15) is 0 Å². The number of hydrogen-bond donors (Lipinski definition) is 2. The minimum atomic E-state index is 0.278. The minimum absolute atomic E-state index is 0.278. The Bertz CT molecular complexity index is 898. The quantitative estimate of drug-likeness (QED) is 0.486. The van der Waals surface area contributed by atoms with Crippen molar-refractivity contribution in [1.82, 2.24) is 30.3 Å². The lowest BCUT2D eigenvalue weighted by Gasteiger charge is -2.29. The lowest BCUT2D eigenvalue weighted by Crippen LogP contribution is -2.45. The molecule has 2 fully saturated rings. The van der Waals surface area contributed by atoms with Crippen LogP contribution in [0.4, 0.5) is 0 Å². The maximum atomic E-state index is 5.49. The Hall–Kier alpha value is -2.61. The second-order valence-electron chi connectivity index (χ2n) is 8.93. The van der Waals surface area contributed by atoms with Gasteiger partial charge in [0.2, 0.25) is 0 Å². The molecular weight excluding hydrogens is 402 g/mol. The zero-order chi connectivity index (χ0) is 22.3. The molecule has 32 heavy (non-hydrogen) atoms. The van der Waals surface area contributed by atoms with Crippen molar-refractivity contribution in [2.45, 2.75) is 64.1 Å². The molecule has 1 aromatic heterocycles. The summed E-state index contributed by atoms with van der Waals surface area (Å²) in [7, 11) is 3.72. The summed E-state index contributed by atoms with van der Waals surface area (Å²) in [5.74, 6) is 3.55. The van der Waals surface area contributed by atoms with Crippen LogP contribution in [0.2, 0.25) is 0 Å². The van der Waals surface area contributed by atoms with Gasteiger partial charge in [-0.3, -0.25) is 4.90 Å². The van der Waals surface area contributed by atoms with E-state index >= 15 is 0 Å². The summed E-state index contributed by atoms with van der Waals surface area (Å²) >= 11 is 0. The Morgan fingerprint density at radius 1 is 1.19 bits per heavy atom. The van der Waals surface area contributed by atoms with E-state index < -0.39 is 0 Å². The van der Waals surface area contributed by atoms with Crippen LogP contribution < -0.4 is 15.4 Å². The van der Waals surface area contributed by atoms with Crippen LogP contribution in [0.25, 0.3) is 0 Å². The van der Waals surface area contributed by atoms with Crippen LogP contribution in [0.15, 0.2) is 29.3 Å². The molecule has 1 saturated carbocycles. The van der Waals surface area contributed by atoms with Crippen LogP contribution in [0.5, 0.6) is 5.75 Å². The molecule has 4 rings (SSSR count). The van der Waals surface area contributed by atoms with E-state index in [1.807, 2.05) is 24.6 Å². The van der Waals surface area contributed by atoms with Crippen molar-refractivity contribution in [3.05, 3.63) is 41.5 Å². The number of aryl methyl sites for hydroxylation is 1. The van der Waals surface area contributed by atoms with Gasteiger partial charge in [-0.1, -0.05) is 25.0 Å². The van der Waals surface area contributed by atoms with Gasteiger partial charge < -0.3 is 19.9 Å². The standard InChI is InChI=1S/C24H37N7O/c1-18-28-29-23(30(18)2)17-26-24(27-20-10-4-5-11-20)25-16-22(31-13-6-7-14-31)19-9-8-12-21(15-19)32-3/h8-9,12,15,20,22H,4-7,10-11,13-14,16-17H2,1-3H3,(H2,25,26,27). The van der Waals surface area contributed by atoms with Crippen molar-refractivity contribution in [2.24, 2.45) is 12.0 Å². The molecule has 174 valence electrons. The highest BCUT2D eigenvalue weighted by atomic mass is 16.5. The fourth-order valence-electron chi connectivity index (χ4n) is 4.71. The molecule has 1 aliphatic carbocycles. The van der Waals surface area contributed by atoms with Gasteiger partial charge in [-0.2, -0.15) is 0 Å². The summed E-state index contributed by atoms with van der Waals surface area (Å²) in [5.41, 5.74) is 1.28. The van der Waals surface area contributed by atoms with Gasteiger partial charge in [-0.05, 0) is 63.4 Å². The second-order valence-corrected chi connectivity index (χ2v) is 8.93. The minimum Gasteiger partial charge on any atom is -0.497 e. The molecule has 0 spiro atoms. The predicted molar refractivity (Wildman–Crippen MR) is 127 cm³/mol. The first-order valence-corrected chi connectivity index (χ1v) is 11.9. The Labute approximate surface area is 191 Å². The molecule has 1 atom stereocenters. The normalized spacial score (nSPS) is 18.8. The molecule has 2 aromatic rings. The SMILES string of the molecule is COc1cccc(C(CNC(=NCc2nnc(C)n2C)NC2CCCC2)N2CCCC2)c1. The largest absolute Gasteiger partial charge is 0.497 e. The fraction of sp³-hybridized carbons (Fsp3) is 0.625. The monoisotopic (exact) mass is 439 g/mol. The van der Waals surface area contributed by atoms with Crippen LogP contribution >= 0.6 is 0 Å². The van der Waals surface area contributed by atoms with Gasteiger partial charge in [0.05, 0.1) is 13.2 Å². The van der Waals surface area contributed by atoms with Crippen LogP contribution in [-0.2, 0) is 13.6 Å². The Balaban J connectivity index is 1.50. The molecule has 0 radical (unpaired) electrons. The number of ether oxygens (including phenoxy) is 1. The summed E-state index contributed by atoms with van der Waals surface area (Å²) < 4.78 is 7.49. The lowest BCUT2D eigenvalue weighted by molar-refractivity contribution is 0.244. The molecule has 1 aliphatic heterocycles. The number of rotatable bonds is 8. The van der Waals surface area contributed by atoms with E-state index in [1.54, 1.807) is 7.11 Å². The summed E-state index contributed by atoms with van der Waals surface area (Å²) in [6.07, 6.45) is 7.49. The predicted octanol–water partition coefficient (Wildman–Crippen LogP) is 2.95. The summed E-state index contributed by atoms with van der Waals surface area (Å²) in [6, 6.07) is 9.23. The smallest absolute Gasteiger partial charge is 0.191 e. The summed E-state index contributed by atoms with van der Waals surface area (Å²) in [6.45, 7) is 5.52. The van der Waals surface area contributed by atoms with Gasteiger partial charge in [0.1, 0.15) is 18.1 Å². The van der Waals surface area contributed by atoms with E-state index in [4.69, 9.17) is 9.73 Å². The van der Waals surface area contributed by atoms with E-state index in [1.165, 1.54) is 44.1 Å². The molecule has 2 aliphatic rings. The first-order chi connectivity index (χ1) is 15.6. The molecule has 8 heteroatoms. The maximum absolute atomic E-state index is 5.49. The third-order valence-corrected chi connectivity index (χ3v) is 6.78. The van der Waals surface area contributed by atoms with E-state index in [-0.39, 0.29) is 6.04 Å². The maximum Gasteiger partial charge on any atom is 0.191 e. The number of nitrogens with zero attached hydrogens (tertiary/aromatic N) is 5. The number of methoxy groups -OCH3 is 1. The highest BCUT2D eigenvalue weighted by molar-refractivity contribution is 5.80. The third-order valence-electron chi connectivity index (χ3n) is 6.78. The highest BCUT2D eigenvalue weighted by Gasteiger charge is 2.25. The van der Waals surface area contributed by atoms with Gasteiger partial charge in [0.25, 0.3) is 0 Å². The van der Waals surface area contributed by atoms with E-state index in [0.717, 1.165) is 43.0 Å². The molecule has 0 bridgehead atoms. The van der Waals surface area contributed by atoms with Crippen molar-refractivity contribution in [3.8, 4) is 5.75 Å². The molecular formula is C24H37N7O. The average Bonchev–Trinajstić information content (AvgIpc) is 3.58. The van der Waals surface area contributed by atoms with Crippen molar-refractivity contribution >= 4 is 5.96 Å². The number of nitrogens with one attached hydrogen (secondary N) is 2. The summed E-state index contributed by atoms with van der Waals surface area (Å²) in [4.78, 5) is 7.46. The molecule has 8 nitrogen and oxygen atoms in total. The molecule has 2 N–H and O–H groups in total. The third kappa shape index (κ3) is 5.59. The average molecular weight is 440 g/mol. The number of benzene rings is 1. The van der Waals surface area contributed by atoms with E-state index in [2.05, 4.69) is 43.9 Å². The molecule has 1 aromatic carbocycles. The molecule has 2 heterocycles. The second kappa shape index (κ2) is 10.8. The lowest BCUT2D eigenvalue weighted by atomic mass is 10.1. The first-order valence-electron chi connectivity index (χ1n) is 11.9. The Morgan fingerprint density at radius 2 is 1.97 bits per heavy atom. The van der Waals surface area contributed by atoms with Crippen molar-refractivity contribution in [2.75, 3.05) is 26.7 Å². The zero-order valence-electron chi connectivity index (χ0n) is 19.7. The van der Waals surface area contributed by atoms with Crippen molar-refractivity contribution in [3.63, 3.8) is 0 Å². The topological polar surface area (TPSA) is 79.6 Å². The number of guanidine groups is 1. The van der Waals surface area contributed by atoms with Gasteiger partial charge >= 0.3 is 0 Å². The summed E-state index contributed by atoms with van der Waals surface area (Å²) in [5, 5.41) is 15.8. The number of likely N-dealkylation sites (tertiary alicyclic amines) is 1. The van der Waals surface area contributed by atoms with Crippen molar-refractivity contribution in [1.29, 1.82) is 0 Å². The van der Waals surface area contributed by atoms with Crippen LogP contribution in [-0.4, -0.2) is 58.4 Å². The van der Waals surface area contributed by atoms with Crippen LogP contribution in [0.3, 0.4) is 0 Å². The van der Waals surface area contributed by atoms with Crippen molar-refractivity contribution < 1.29 is 4.74 Å². The molecule has 1 unspecified atom stereocenters. The molecule has 0 amide bonds.